The Morgan fingerprint density at radius 1 is 1.44 bits per heavy atom. The van der Waals surface area contributed by atoms with Gasteiger partial charge in [-0.05, 0) is 6.07 Å². The SMILES string of the molecule is O=C1N=Nc2[nH]ccc21. The van der Waals surface area contributed by atoms with Gasteiger partial charge in [0, 0.05) is 6.20 Å². The van der Waals surface area contributed by atoms with Gasteiger partial charge in [-0.3, -0.25) is 4.79 Å². The third kappa shape index (κ3) is 0.440. The topological polar surface area (TPSA) is 57.6 Å². The van der Waals surface area contributed by atoms with Crippen molar-refractivity contribution < 1.29 is 4.79 Å². The summed E-state index contributed by atoms with van der Waals surface area (Å²) < 4.78 is 0. The Hall–Kier alpha value is -1.45. The van der Waals surface area contributed by atoms with Crippen LogP contribution in [0.25, 0.3) is 0 Å². The number of H-pyrrole nitrogens is 1. The highest BCUT2D eigenvalue weighted by atomic mass is 16.2. The number of hydrogen-bond acceptors (Lipinski definition) is 2. The zero-order valence-corrected chi connectivity index (χ0v) is 4.46. The van der Waals surface area contributed by atoms with Crippen LogP contribution in [0.4, 0.5) is 5.82 Å². The van der Waals surface area contributed by atoms with Crippen LogP contribution < -0.4 is 0 Å². The standard InChI is InChI=1S/C5H3N3O/c9-5-3-1-2-6-4(3)7-8-5/h1-2,6H. The molecule has 1 aromatic heterocycles. The molecule has 0 fully saturated rings. The second kappa shape index (κ2) is 1.28. The van der Waals surface area contributed by atoms with Crippen LogP contribution in [0.3, 0.4) is 0 Å². The van der Waals surface area contributed by atoms with Crippen LogP contribution in [0, 0.1) is 0 Å². The predicted molar refractivity (Wildman–Crippen MR) is 29.6 cm³/mol. The molecule has 1 amide bonds. The Bertz CT molecular complexity index is 286. The van der Waals surface area contributed by atoms with Crippen molar-refractivity contribution in [3.8, 4) is 0 Å². The molecule has 4 nitrogen and oxygen atoms in total. The molecule has 4 heteroatoms. The number of aromatic amines is 1. The molecular formula is C5H3N3O. The molecule has 1 aliphatic heterocycles. The summed E-state index contributed by atoms with van der Waals surface area (Å²) >= 11 is 0. The van der Waals surface area contributed by atoms with Crippen molar-refractivity contribution in [2.45, 2.75) is 0 Å². The first-order valence-electron chi connectivity index (χ1n) is 2.51. The summed E-state index contributed by atoms with van der Waals surface area (Å²) in [6, 6.07) is 1.66. The number of aromatic nitrogens is 1. The normalized spacial score (nSPS) is 14.4. The first-order valence-corrected chi connectivity index (χ1v) is 2.51. The summed E-state index contributed by atoms with van der Waals surface area (Å²) in [5.74, 6) is 0.311. The van der Waals surface area contributed by atoms with E-state index >= 15 is 0 Å². The lowest BCUT2D eigenvalue weighted by molar-refractivity contribution is 0.100. The van der Waals surface area contributed by atoms with E-state index in [1.165, 1.54) is 0 Å². The van der Waals surface area contributed by atoms with Crippen LogP contribution >= 0.6 is 0 Å². The quantitative estimate of drug-likeness (QED) is 0.551. The molecule has 0 saturated carbocycles. The molecule has 1 N–H and O–H groups in total. The van der Waals surface area contributed by atoms with Gasteiger partial charge in [0.15, 0.2) is 5.82 Å². The van der Waals surface area contributed by atoms with Gasteiger partial charge in [0.25, 0.3) is 5.91 Å². The highest BCUT2D eigenvalue weighted by Gasteiger charge is 2.16. The monoisotopic (exact) mass is 121 g/mol. The van der Waals surface area contributed by atoms with Crippen LogP contribution in [0.15, 0.2) is 22.5 Å². The van der Waals surface area contributed by atoms with E-state index in [4.69, 9.17) is 0 Å². The molecule has 2 heterocycles. The van der Waals surface area contributed by atoms with E-state index in [1.807, 2.05) is 0 Å². The van der Waals surface area contributed by atoms with Crippen molar-refractivity contribution >= 4 is 11.7 Å². The molecule has 44 valence electrons. The molecule has 9 heavy (non-hydrogen) atoms. The number of nitrogens with zero attached hydrogens (tertiary/aromatic N) is 2. The summed E-state index contributed by atoms with van der Waals surface area (Å²) in [6.07, 6.45) is 1.67. The lowest BCUT2D eigenvalue weighted by atomic mass is 10.3. The fourth-order valence-electron chi connectivity index (χ4n) is 0.765. The number of carbonyl (C=O) groups excluding carboxylic acids is 1. The van der Waals surface area contributed by atoms with Gasteiger partial charge in [0.1, 0.15) is 0 Å². The third-order valence-corrected chi connectivity index (χ3v) is 1.20. The summed E-state index contributed by atoms with van der Waals surface area (Å²) in [5, 5.41) is 6.88. The van der Waals surface area contributed by atoms with E-state index in [1.54, 1.807) is 12.3 Å². The van der Waals surface area contributed by atoms with E-state index in [2.05, 4.69) is 15.2 Å². The molecule has 0 saturated heterocycles. The van der Waals surface area contributed by atoms with Crippen LogP contribution in [0.5, 0.6) is 0 Å². The molecule has 0 aliphatic carbocycles. The maximum Gasteiger partial charge on any atom is 0.299 e. The van der Waals surface area contributed by atoms with Crippen LogP contribution in [0.2, 0.25) is 0 Å². The van der Waals surface area contributed by atoms with Gasteiger partial charge in [0.2, 0.25) is 0 Å². The van der Waals surface area contributed by atoms with E-state index in [9.17, 15) is 4.79 Å². The highest BCUT2D eigenvalue weighted by molar-refractivity contribution is 6.01. The fraction of sp³-hybridized carbons (Fsp3) is 0. The van der Waals surface area contributed by atoms with Crippen molar-refractivity contribution in [3.63, 3.8) is 0 Å². The number of fused-ring (bicyclic) bond motifs is 1. The van der Waals surface area contributed by atoms with Crippen molar-refractivity contribution in [2.24, 2.45) is 10.2 Å². The number of hydrogen-bond donors (Lipinski definition) is 1. The minimum absolute atomic E-state index is 0.258. The lowest BCUT2D eigenvalue weighted by Crippen LogP contribution is -1.83. The summed E-state index contributed by atoms with van der Waals surface area (Å²) in [6.45, 7) is 0. The maximum atomic E-state index is 10.6. The number of nitrogens with one attached hydrogen (secondary N) is 1. The first kappa shape index (κ1) is 4.43. The molecule has 2 rings (SSSR count). The fourth-order valence-corrected chi connectivity index (χ4v) is 0.765. The van der Waals surface area contributed by atoms with E-state index in [0.717, 1.165) is 0 Å². The minimum atomic E-state index is -0.258. The first-order chi connectivity index (χ1) is 4.38. The van der Waals surface area contributed by atoms with Gasteiger partial charge in [-0.1, -0.05) is 0 Å². The van der Waals surface area contributed by atoms with E-state index in [-0.39, 0.29) is 5.91 Å². The molecule has 1 aliphatic rings. The van der Waals surface area contributed by atoms with E-state index < -0.39 is 0 Å². The largest absolute Gasteiger partial charge is 0.344 e. The number of rotatable bonds is 0. The average Bonchev–Trinajstić information content (AvgIpc) is 2.35. The summed E-state index contributed by atoms with van der Waals surface area (Å²) in [7, 11) is 0. The van der Waals surface area contributed by atoms with Gasteiger partial charge < -0.3 is 4.98 Å². The van der Waals surface area contributed by atoms with Gasteiger partial charge in [-0.25, -0.2) is 0 Å². The molecule has 0 radical (unpaired) electrons. The summed E-state index contributed by atoms with van der Waals surface area (Å²) in [4.78, 5) is 13.4. The van der Waals surface area contributed by atoms with Gasteiger partial charge in [0.05, 0.1) is 5.56 Å². The van der Waals surface area contributed by atoms with E-state index in [0.29, 0.717) is 11.4 Å². The Kier molecular flexibility index (Phi) is 0.631. The van der Waals surface area contributed by atoms with Crippen molar-refractivity contribution in [3.05, 3.63) is 17.8 Å². The predicted octanol–water partition coefficient (Wildman–Crippen LogP) is 1.25. The minimum Gasteiger partial charge on any atom is -0.344 e. The van der Waals surface area contributed by atoms with Crippen molar-refractivity contribution in [1.29, 1.82) is 0 Å². The molecule has 0 spiro atoms. The Morgan fingerprint density at radius 3 is 3.11 bits per heavy atom. The molecule has 0 bridgehead atoms. The Balaban J connectivity index is 2.73. The zero-order valence-electron chi connectivity index (χ0n) is 4.46. The molecule has 0 aromatic carbocycles. The molecular weight excluding hydrogens is 118 g/mol. The second-order valence-electron chi connectivity index (χ2n) is 1.75. The summed E-state index contributed by atoms with van der Waals surface area (Å²) in [5.41, 5.74) is 0.565. The Labute approximate surface area is 50.6 Å². The van der Waals surface area contributed by atoms with Crippen LogP contribution in [0.1, 0.15) is 10.4 Å². The zero-order chi connectivity index (χ0) is 6.27. The third-order valence-electron chi connectivity index (χ3n) is 1.20. The Morgan fingerprint density at radius 2 is 2.33 bits per heavy atom. The average molecular weight is 121 g/mol. The van der Waals surface area contributed by atoms with Gasteiger partial charge >= 0.3 is 0 Å². The molecule has 0 unspecified atom stereocenters. The smallest absolute Gasteiger partial charge is 0.299 e. The number of amides is 1. The lowest BCUT2D eigenvalue weighted by Gasteiger charge is -1.74. The number of carbonyl (C=O) groups is 1. The second-order valence-corrected chi connectivity index (χ2v) is 1.75. The highest BCUT2D eigenvalue weighted by Crippen LogP contribution is 2.23. The van der Waals surface area contributed by atoms with Gasteiger partial charge in [-0.15, -0.1) is 10.2 Å². The molecule has 1 aromatic rings. The van der Waals surface area contributed by atoms with Crippen LogP contribution in [-0.4, -0.2) is 10.9 Å². The maximum absolute atomic E-state index is 10.6. The van der Waals surface area contributed by atoms with Crippen molar-refractivity contribution in [1.82, 2.24) is 4.98 Å². The van der Waals surface area contributed by atoms with Crippen LogP contribution in [-0.2, 0) is 0 Å². The van der Waals surface area contributed by atoms with Gasteiger partial charge in [-0.2, -0.15) is 0 Å². The van der Waals surface area contributed by atoms with Crippen molar-refractivity contribution in [2.75, 3.05) is 0 Å². The number of azo groups is 1. The molecule has 0 atom stereocenters.